The minimum Gasteiger partial charge on any atom is -0.0842 e. The minimum atomic E-state index is 0.935. The maximum atomic E-state index is 2.39. The number of hydrogen-bond donors (Lipinski definition) is 0. The maximum Gasteiger partial charge on any atom is -0.0197 e. The van der Waals surface area contributed by atoms with E-state index in [1.54, 1.807) is 5.57 Å². The molecule has 0 heterocycles. The second kappa shape index (κ2) is 3.47. The minimum absolute atomic E-state index is 0.935. The predicted octanol–water partition coefficient (Wildman–Crippen LogP) is 3.70. The van der Waals surface area contributed by atoms with Crippen LogP contribution in [0.4, 0.5) is 0 Å². The molecule has 0 nitrogen and oxygen atoms in total. The van der Waals surface area contributed by atoms with E-state index in [1.807, 2.05) is 0 Å². The van der Waals surface area contributed by atoms with Crippen LogP contribution in [0.1, 0.15) is 39.0 Å². The van der Waals surface area contributed by atoms with Gasteiger partial charge in [0.1, 0.15) is 0 Å². The van der Waals surface area contributed by atoms with E-state index in [9.17, 15) is 0 Å². The van der Waals surface area contributed by atoms with Crippen molar-refractivity contribution in [2.75, 3.05) is 0 Å². The van der Waals surface area contributed by atoms with Crippen molar-refractivity contribution in [2.45, 2.75) is 39.0 Å². The summed E-state index contributed by atoms with van der Waals surface area (Å²) in [5.41, 5.74) is 1.72. The maximum absolute atomic E-state index is 2.39. The molecule has 66 valence electrons. The van der Waals surface area contributed by atoms with Crippen LogP contribution in [0, 0.1) is 11.8 Å². The Morgan fingerprint density at radius 3 is 2.83 bits per heavy atom. The van der Waals surface area contributed by atoms with E-state index in [-0.39, 0.29) is 0 Å². The van der Waals surface area contributed by atoms with Gasteiger partial charge in [-0.3, -0.25) is 0 Å². The van der Waals surface area contributed by atoms with Gasteiger partial charge in [-0.1, -0.05) is 37.1 Å². The Morgan fingerprint density at radius 2 is 2.25 bits per heavy atom. The van der Waals surface area contributed by atoms with Gasteiger partial charge in [-0.2, -0.15) is 0 Å². The van der Waals surface area contributed by atoms with Gasteiger partial charge in [-0.05, 0) is 37.5 Å². The van der Waals surface area contributed by atoms with Crippen LogP contribution < -0.4 is 0 Å². The van der Waals surface area contributed by atoms with Gasteiger partial charge in [0.25, 0.3) is 0 Å². The van der Waals surface area contributed by atoms with Crippen LogP contribution >= 0.6 is 0 Å². The molecule has 0 aromatic rings. The molecule has 2 aliphatic rings. The fourth-order valence-corrected chi connectivity index (χ4v) is 2.51. The largest absolute Gasteiger partial charge is 0.0842 e. The molecule has 12 heavy (non-hydrogen) atoms. The second-order valence-corrected chi connectivity index (χ2v) is 4.32. The third kappa shape index (κ3) is 1.63. The summed E-state index contributed by atoms with van der Waals surface area (Å²) in [7, 11) is 0. The molecule has 2 rings (SSSR count). The summed E-state index contributed by atoms with van der Waals surface area (Å²) in [5, 5.41) is 0. The molecule has 1 saturated carbocycles. The molecule has 2 aliphatic carbocycles. The van der Waals surface area contributed by atoms with Gasteiger partial charge < -0.3 is 0 Å². The van der Waals surface area contributed by atoms with Crippen LogP contribution in [0.3, 0.4) is 0 Å². The lowest BCUT2D eigenvalue weighted by atomic mass is 9.90. The average Bonchev–Trinajstić information content (AvgIpc) is 2.54. The second-order valence-electron chi connectivity index (χ2n) is 4.32. The lowest BCUT2D eigenvalue weighted by molar-refractivity contribution is 0.558. The molecular weight excluding hydrogens is 144 g/mol. The van der Waals surface area contributed by atoms with Crippen molar-refractivity contribution in [1.82, 2.24) is 0 Å². The fraction of sp³-hybridized carbons (Fsp3) is 0.667. The van der Waals surface area contributed by atoms with Crippen molar-refractivity contribution in [3.8, 4) is 0 Å². The third-order valence-corrected chi connectivity index (χ3v) is 3.27. The quantitative estimate of drug-likeness (QED) is 0.551. The molecule has 0 heteroatoms. The molecule has 0 radical (unpaired) electrons. The van der Waals surface area contributed by atoms with Gasteiger partial charge in [0.2, 0.25) is 0 Å². The molecular formula is C12H18. The van der Waals surface area contributed by atoms with E-state index in [0.717, 1.165) is 11.8 Å². The van der Waals surface area contributed by atoms with Crippen molar-refractivity contribution in [1.29, 1.82) is 0 Å². The Kier molecular flexibility index (Phi) is 2.34. The molecule has 2 unspecified atom stereocenters. The van der Waals surface area contributed by atoms with Crippen molar-refractivity contribution in [2.24, 2.45) is 11.8 Å². The van der Waals surface area contributed by atoms with Crippen molar-refractivity contribution in [3.05, 3.63) is 23.8 Å². The zero-order chi connectivity index (χ0) is 8.39. The summed E-state index contributed by atoms with van der Waals surface area (Å²) >= 11 is 0. The first kappa shape index (κ1) is 8.10. The Balaban J connectivity index is 2.00. The molecule has 0 N–H and O–H groups in total. The zero-order valence-corrected chi connectivity index (χ0v) is 7.92. The van der Waals surface area contributed by atoms with Crippen molar-refractivity contribution >= 4 is 0 Å². The molecule has 0 amide bonds. The smallest absolute Gasteiger partial charge is 0.0197 e. The zero-order valence-electron chi connectivity index (χ0n) is 7.92. The van der Waals surface area contributed by atoms with Gasteiger partial charge >= 0.3 is 0 Å². The van der Waals surface area contributed by atoms with Gasteiger partial charge in [0.15, 0.2) is 0 Å². The number of allylic oxidation sites excluding steroid dienone is 4. The first-order valence-corrected chi connectivity index (χ1v) is 5.22. The number of rotatable bonds is 1. The molecule has 0 aromatic heterocycles. The van der Waals surface area contributed by atoms with Crippen LogP contribution in [-0.2, 0) is 0 Å². The lowest BCUT2D eigenvalue weighted by Crippen LogP contribution is -2.01. The average molecular weight is 162 g/mol. The molecule has 0 spiro atoms. The van der Waals surface area contributed by atoms with E-state index in [1.165, 1.54) is 32.1 Å². The van der Waals surface area contributed by atoms with Crippen LogP contribution in [0.25, 0.3) is 0 Å². The van der Waals surface area contributed by atoms with Gasteiger partial charge in [-0.15, -0.1) is 0 Å². The molecule has 0 aromatic carbocycles. The third-order valence-electron chi connectivity index (χ3n) is 3.27. The molecule has 0 saturated heterocycles. The highest BCUT2D eigenvalue weighted by Crippen LogP contribution is 2.37. The first-order chi connectivity index (χ1) is 5.86. The molecule has 0 bridgehead atoms. The van der Waals surface area contributed by atoms with E-state index in [0.29, 0.717) is 0 Å². The Labute approximate surface area is 75.4 Å². The summed E-state index contributed by atoms with van der Waals surface area (Å²) in [5.74, 6) is 1.91. The SMILES string of the molecule is CC1CCC(C2=CC=CCC2)C1. The van der Waals surface area contributed by atoms with Crippen LogP contribution in [0.5, 0.6) is 0 Å². The molecule has 1 fully saturated rings. The van der Waals surface area contributed by atoms with Crippen molar-refractivity contribution < 1.29 is 0 Å². The summed E-state index contributed by atoms with van der Waals surface area (Å²) in [6, 6.07) is 0. The highest BCUT2D eigenvalue weighted by Gasteiger charge is 2.23. The van der Waals surface area contributed by atoms with E-state index < -0.39 is 0 Å². The van der Waals surface area contributed by atoms with E-state index in [2.05, 4.69) is 25.2 Å². The molecule has 2 atom stereocenters. The standard InChI is InChI=1S/C12H18/c1-10-7-8-12(9-10)11-5-3-2-4-6-11/h2-3,5,10,12H,4,6-9H2,1H3. The summed E-state index contributed by atoms with van der Waals surface area (Å²) in [4.78, 5) is 0. The Bertz CT molecular complexity index is 210. The number of hydrogen-bond acceptors (Lipinski definition) is 0. The monoisotopic (exact) mass is 162 g/mol. The van der Waals surface area contributed by atoms with Crippen LogP contribution in [0.15, 0.2) is 23.8 Å². The summed E-state index contributed by atoms with van der Waals surface area (Å²) in [6.45, 7) is 2.39. The first-order valence-electron chi connectivity index (χ1n) is 5.22. The summed E-state index contributed by atoms with van der Waals surface area (Å²) < 4.78 is 0. The van der Waals surface area contributed by atoms with E-state index >= 15 is 0 Å². The Morgan fingerprint density at radius 1 is 1.33 bits per heavy atom. The molecule has 0 aliphatic heterocycles. The predicted molar refractivity (Wildman–Crippen MR) is 53.0 cm³/mol. The Hall–Kier alpha value is -0.520. The highest BCUT2D eigenvalue weighted by molar-refractivity contribution is 5.20. The van der Waals surface area contributed by atoms with Crippen molar-refractivity contribution in [3.63, 3.8) is 0 Å². The van der Waals surface area contributed by atoms with Gasteiger partial charge in [0.05, 0.1) is 0 Å². The highest BCUT2D eigenvalue weighted by atomic mass is 14.3. The lowest BCUT2D eigenvalue weighted by Gasteiger charge is -2.15. The summed E-state index contributed by atoms with van der Waals surface area (Å²) in [6.07, 6.45) is 13.8. The fourth-order valence-electron chi connectivity index (χ4n) is 2.51. The van der Waals surface area contributed by atoms with Gasteiger partial charge in [0, 0.05) is 0 Å². The van der Waals surface area contributed by atoms with E-state index in [4.69, 9.17) is 0 Å². The van der Waals surface area contributed by atoms with Crippen LogP contribution in [0.2, 0.25) is 0 Å². The topological polar surface area (TPSA) is 0 Å². The van der Waals surface area contributed by atoms with Gasteiger partial charge in [-0.25, -0.2) is 0 Å². The van der Waals surface area contributed by atoms with Crippen LogP contribution in [-0.4, -0.2) is 0 Å². The normalized spacial score (nSPS) is 35.2.